The van der Waals surface area contributed by atoms with Crippen LogP contribution in [0.15, 0.2) is 22.7 Å². The highest BCUT2D eigenvalue weighted by molar-refractivity contribution is 9.10. The molecule has 0 spiro atoms. The number of hydrogen-bond donors (Lipinski definition) is 1. The first kappa shape index (κ1) is 14.7. The number of benzene rings is 1. The number of halogens is 2. The topological polar surface area (TPSA) is 12.0 Å². The van der Waals surface area contributed by atoms with Gasteiger partial charge in [0.25, 0.3) is 0 Å². The van der Waals surface area contributed by atoms with Gasteiger partial charge in [-0.2, -0.15) is 0 Å². The molecule has 0 fully saturated rings. The SMILES string of the molecule is CCNC(CCC(C)C)c1cc(F)cc(Br)c1. The molecule has 3 heteroatoms. The van der Waals surface area contributed by atoms with Gasteiger partial charge >= 0.3 is 0 Å². The quantitative estimate of drug-likeness (QED) is 0.805. The molecule has 1 atom stereocenters. The largest absolute Gasteiger partial charge is 0.310 e. The fraction of sp³-hybridized carbons (Fsp3) is 0.571. The molecule has 1 nitrogen and oxygen atoms in total. The minimum atomic E-state index is -0.179. The van der Waals surface area contributed by atoms with Crippen molar-refractivity contribution in [1.82, 2.24) is 5.32 Å². The third kappa shape index (κ3) is 5.17. The van der Waals surface area contributed by atoms with Crippen molar-refractivity contribution in [3.8, 4) is 0 Å². The molecular formula is C14H21BrFN. The second-order valence-electron chi connectivity index (χ2n) is 4.78. The Hall–Kier alpha value is -0.410. The molecule has 1 aromatic rings. The third-order valence-corrected chi connectivity index (χ3v) is 3.23. The Kier molecular flexibility index (Phi) is 6.14. The van der Waals surface area contributed by atoms with Gasteiger partial charge in [0, 0.05) is 10.5 Å². The van der Waals surface area contributed by atoms with Crippen molar-refractivity contribution < 1.29 is 4.39 Å². The monoisotopic (exact) mass is 301 g/mol. The van der Waals surface area contributed by atoms with Crippen molar-refractivity contribution >= 4 is 15.9 Å². The van der Waals surface area contributed by atoms with Gasteiger partial charge in [-0.05, 0) is 49.1 Å². The number of hydrogen-bond acceptors (Lipinski definition) is 1. The van der Waals surface area contributed by atoms with Crippen LogP contribution < -0.4 is 5.32 Å². The highest BCUT2D eigenvalue weighted by atomic mass is 79.9. The van der Waals surface area contributed by atoms with E-state index in [0.717, 1.165) is 29.4 Å². The lowest BCUT2D eigenvalue weighted by molar-refractivity contribution is 0.446. The van der Waals surface area contributed by atoms with Crippen molar-refractivity contribution in [3.63, 3.8) is 0 Å². The summed E-state index contributed by atoms with van der Waals surface area (Å²) >= 11 is 3.34. The molecule has 1 rings (SSSR count). The van der Waals surface area contributed by atoms with Crippen LogP contribution >= 0.6 is 15.9 Å². The van der Waals surface area contributed by atoms with Crippen molar-refractivity contribution in [2.45, 2.75) is 39.7 Å². The smallest absolute Gasteiger partial charge is 0.124 e. The summed E-state index contributed by atoms with van der Waals surface area (Å²) in [6, 6.07) is 5.36. The Balaban J connectivity index is 2.80. The van der Waals surface area contributed by atoms with Gasteiger partial charge in [-0.15, -0.1) is 0 Å². The van der Waals surface area contributed by atoms with Gasteiger partial charge in [-0.25, -0.2) is 4.39 Å². The van der Waals surface area contributed by atoms with E-state index in [1.165, 1.54) is 6.07 Å². The maximum Gasteiger partial charge on any atom is 0.124 e. The number of nitrogens with one attached hydrogen (secondary N) is 1. The molecule has 1 N–H and O–H groups in total. The highest BCUT2D eigenvalue weighted by Gasteiger charge is 2.12. The van der Waals surface area contributed by atoms with Gasteiger partial charge in [0.05, 0.1) is 0 Å². The summed E-state index contributed by atoms with van der Waals surface area (Å²) in [6.45, 7) is 7.41. The zero-order valence-corrected chi connectivity index (χ0v) is 12.3. The minimum absolute atomic E-state index is 0.179. The van der Waals surface area contributed by atoms with E-state index in [4.69, 9.17) is 0 Å². The molecule has 0 bridgehead atoms. The zero-order valence-electron chi connectivity index (χ0n) is 10.8. The first-order valence-corrected chi connectivity index (χ1v) is 7.01. The summed E-state index contributed by atoms with van der Waals surface area (Å²) in [4.78, 5) is 0. The normalized spacial score (nSPS) is 13.1. The maximum absolute atomic E-state index is 13.4. The molecular weight excluding hydrogens is 281 g/mol. The van der Waals surface area contributed by atoms with Gasteiger partial charge in [0.2, 0.25) is 0 Å². The molecule has 0 radical (unpaired) electrons. The van der Waals surface area contributed by atoms with Gasteiger partial charge in [0.1, 0.15) is 5.82 Å². The van der Waals surface area contributed by atoms with Crippen LogP contribution in [0.1, 0.15) is 45.2 Å². The molecule has 0 aliphatic heterocycles. The van der Waals surface area contributed by atoms with Crippen molar-refractivity contribution in [2.24, 2.45) is 5.92 Å². The van der Waals surface area contributed by atoms with E-state index in [1.54, 1.807) is 6.07 Å². The second-order valence-corrected chi connectivity index (χ2v) is 5.70. The van der Waals surface area contributed by atoms with Crippen molar-refractivity contribution in [3.05, 3.63) is 34.1 Å². The first-order chi connectivity index (χ1) is 8.02. The predicted octanol–water partition coefficient (Wildman–Crippen LogP) is 4.68. The van der Waals surface area contributed by atoms with Gasteiger partial charge in [0.15, 0.2) is 0 Å². The summed E-state index contributed by atoms with van der Waals surface area (Å²) in [5, 5.41) is 3.42. The van der Waals surface area contributed by atoms with Crippen molar-refractivity contribution in [1.29, 1.82) is 0 Å². The summed E-state index contributed by atoms with van der Waals surface area (Å²) in [5.74, 6) is 0.495. The molecule has 0 heterocycles. The number of rotatable bonds is 6. The fourth-order valence-corrected chi connectivity index (χ4v) is 2.39. The lowest BCUT2D eigenvalue weighted by Gasteiger charge is -2.19. The average Bonchev–Trinajstić information content (AvgIpc) is 2.22. The van der Waals surface area contributed by atoms with Gasteiger partial charge in [-0.1, -0.05) is 36.7 Å². The third-order valence-electron chi connectivity index (χ3n) is 2.77. The lowest BCUT2D eigenvalue weighted by atomic mass is 9.97. The van der Waals surface area contributed by atoms with E-state index in [9.17, 15) is 4.39 Å². The Morgan fingerprint density at radius 2 is 1.94 bits per heavy atom. The molecule has 0 aliphatic carbocycles. The van der Waals surface area contributed by atoms with Crippen LogP contribution in [0.3, 0.4) is 0 Å². The summed E-state index contributed by atoms with van der Waals surface area (Å²) in [5.41, 5.74) is 1.03. The summed E-state index contributed by atoms with van der Waals surface area (Å²) in [7, 11) is 0. The molecule has 17 heavy (non-hydrogen) atoms. The molecule has 0 aromatic heterocycles. The predicted molar refractivity (Wildman–Crippen MR) is 74.6 cm³/mol. The van der Waals surface area contributed by atoms with E-state index < -0.39 is 0 Å². The molecule has 0 saturated carbocycles. The van der Waals surface area contributed by atoms with E-state index in [-0.39, 0.29) is 11.9 Å². The van der Waals surface area contributed by atoms with Crippen LogP contribution in [0.4, 0.5) is 4.39 Å². The van der Waals surface area contributed by atoms with Crippen LogP contribution in [0.25, 0.3) is 0 Å². The Labute approximate surface area is 112 Å². The maximum atomic E-state index is 13.4. The summed E-state index contributed by atoms with van der Waals surface area (Å²) < 4.78 is 14.2. The van der Waals surface area contributed by atoms with E-state index in [1.807, 2.05) is 6.07 Å². The molecule has 0 saturated heterocycles. The van der Waals surface area contributed by atoms with Crippen LogP contribution in [0.5, 0.6) is 0 Å². The average molecular weight is 302 g/mol. The second kappa shape index (κ2) is 7.12. The van der Waals surface area contributed by atoms with Crippen molar-refractivity contribution in [2.75, 3.05) is 6.54 Å². The molecule has 0 amide bonds. The van der Waals surface area contributed by atoms with E-state index in [0.29, 0.717) is 5.92 Å². The van der Waals surface area contributed by atoms with Crippen LogP contribution in [-0.4, -0.2) is 6.54 Å². The van der Waals surface area contributed by atoms with Crippen LogP contribution in [0, 0.1) is 11.7 Å². The summed E-state index contributed by atoms with van der Waals surface area (Å²) in [6.07, 6.45) is 2.19. The Morgan fingerprint density at radius 1 is 1.24 bits per heavy atom. The van der Waals surface area contributed by atoms with E-state index >= 15 is 0 Å². The molecule has 1 aromatic carbocycles. The standard InChI is InChI=1S/C14H21BrFN/c1-4-17-14(6-5-10(2)3)11-7-12(15)9-13(16)8-11/h7-10,14,17H,4-6H2,1-3H3. The van der Waals surface area contributed by atoms with Gasteiger partial charge < -0.3 is 5.32 Å². The molecule has 0 aliphatic rings. The molecule has 96 valence electrons. The lowest BCUT2D eigenvalue weighted by Crippen LogP contribution is -2.21. The minimum Gasteiger partial charge on any atom is -0.310 e. The van der Waals surface area contributed by atoms with Crippen LogP contribution in [-0.2, 0) is 0 Å². The van der Waals surface area contributed by atoms with Crippen LogP contribution in [0.2, 0.25) is 0 Å². The van der Waals surface area contributed by atoms with Gasteiger partial charge in [-0.3, -0.25) is 0 Å². The first-order valence-electron chi connectivity index (χ1n) is 6.22. The Morgan fingerprint density at radius 3 is 2.47 bits per heavy atom. The van der Waals surface area contributed by atoms with E-state index in [2.05, 4.69) is 42.0 Å². The zero-order chi connectivity index (χ0) is 12.8. The fourth-order valence-electron chi connectivity index (χ4n) is 1.91. The Bertz CT molecular complexity index is 332. The molecule has 1 unspecified atom stereocenters. The highest BCUT2D eigenvalue weighted by Crippen LogP contribution is 2.25.